The predicted molar refractivity (Wildman–Crippen MR) is 76.5 cm³/mol. The highest BCUT2D eigenvalue weighted by atomic mass is 16.2. The lowest BCUT2D eigenvalue weighted by molar-refractivity contribution is -0.128. The lowest BCUT2D eigenvalue weighted by atomic mass is 9.92. The molecule has 0 unspecified atom stereocenters. The van der Waals surface area contributed by atoms with Gasteiger partial charge in [0.2, 0.25) is 5.91 Å². The molecule has 1 aromatic rings. The van der Waals surface area contributed by atoms with E-state index in [1.807, 2.05) is 13.8 Å². The maximum atomic E-state index is 11.9. The van der Waals surface area contributed by atoms with Crippen LogP contribution in [0.3, 0.4) is 0 Å². The van der Waals surface area contributed by atoms with Crippen LogP contribution < -0.4 is 21.9 Å². The first-order valence-corrected chi connectivity index (χ1v) is 6.39. The van der Waals surface area contributed by atoms with Gasteiger partial charge in [0.25, 0.3) is 5.56 Å². The number of aryl methyl sites for hydroxylation is 1. The van der Waals surface area contributed by atoms with Gasteiger partial charge >= 0.3 is 5.69 Å². The van der Waals surface area contributed by atoms with E-state index in [-0.39, 0.29) is 17.2 Å². The number of rotatable bonds is 5. The molecule has 2 N–H and O–H groups in total. The van der Waals surface area contributed by atoms with Gasteiger partial charge in [-0.3, -0.25) is 14.2 Å². The molecule has 20 heavy (non-hydrogen) atoms. The summed E-state index contributed by atoms with van der Waals surface area (Å²) < 4.78 is 2.43. The lowest BCUT2D eigenvalue weighted by Crippen LogP contribution is -2.43. The molecule has 0 bridgehead atoms. The van der Waals surface area contributed by atoms with Gasteiger partial charge < -0.3 is 15.2 Å². The van der Waals surface area contributed by atoms with Gasteiger partial charge in [0.15, 0.2) is 0 Å². The molecule has 0 saturated carbocycles. The number of amides is 1. The molecule has 7 nitrogen and oxygen atoms in total. The summed E-state index contributed by atoms with van der Waals surface area (Å²) in [5.74, 6) is -0.0710. The summed E-state index contributed by atoms with van der Waals surface area (Å²) in [4.78, 5) is 35.1. The van der Waals surface area contributed by atoms with Gasteiger partial charge in [0, 0.05) is 46.0 Å². The Morgan fingerprint density at radius 2 is 1.90 bits per heavy atom. The Morgan fingerprint density at radius 3 is 2.45 bits per heavy atom. The van der Waals surface area contributed by atoms with Crippen LogP contribution in [-0.4, -0.2) is 28.6 Å². The zero-order valence-electron chi connectivity index (χ0n) is 12.6. The van der Waals surface area contributed by atoms with Crippen molar-refractivity contribution in [3.63, 3.8) is 0 Å². The maximum Gasteiger partial charge on any atom is 0.330 e. The summed E-state index contributed by atoms with van der Waals surface area (Å²) in [5, 5.41) is 5.68. The molecule has 0 radical (unpaired) electrons. The molecule has 0 saturated heterocycles. The Kier molecular flexibility index (Phi) is 4.88. The minimum absolute atomic E-state index is 0.0710. The van der Waals surface area contributed by atoms with E-state index in [9.17, 15) is 14.4 Å². The van der Waals surface area contributed by atoms with Crippen molar-refractivity contribution in [3.05, 3.63) is 32.6 Å². The summed E-state index contributed by atoms with van der Waals surface area (Å²) in [5.41, 5.74) is -0.759. The van der Waals surface area contributed by atoms with Crippen LogP contribution in [0.5, 0.6) is 0 Å². The SMILES string of the molecule is CNC(=O)C(C)(C)CNCc1cn(C)c(=O)n(C)c1=O. The molecule has 7 heteroatoms. The van der Waals surface area contributed by atoms with E-state index < -0.39 is 5.41 Å². The summed E-state index contributed by atoms with van der Waals surface area (Å²) in [6.45, 7) is 4.37. The summed E-state index contributed by atoms with van der Waals surface area (Å²) >= 11 is 0. The molecule has 0 atom stereocenters. The van der Waals surface area contributed by atoms with Gasteiger partial charge in [-0.05, 0) is 13.8 Å². The fourth-order valence-electron chi connectivity index (χ4n) is 1.93. The maximum absolute atomic E-state index is 11.9. The third-order valence-corrected chi connectivity index (χ3v) is 3.24. The third-order valence-electron chi connectivity index (χ3n) is 3.24. The van der Waals surface area contributed by atoms with Crippen LogP contribution in [-0.2, 0) is 25.4 Å². The molecule has 0 spiro atoms. The fourth-order valence-corrected chi connectivity index (χ4v) is 1.93. The molecule has 0 aromatic carbocycles. The van der Waals surface area contributed by atoms with Gasteiger partial charge in [0.05, 0.1) is 5.41 Å². The molecule has 0 fully saturated rings. The lowest BCUT2D eigenvalue weighted by Gasteiger charge is -2.22. The Bertz CT molecular complexity index is 613. The first-order chi connectivity index (χ1) is 9.20. The van der Waals surface area contributed by atoms with Crippen LogP contribution >= 0.6 is 0 Å². The number of hydrogen-bond acceptors (Lipinski definition) is 4. The van der Waals surface area contributed by atoms with E-state index in [1.54, 1.807) is 14.1 Å². The Labute approximate surface area is 117 Å². The van der Waals surface area contributed by atoms with Crippen molar-refractivity contribution in [1.29, 1.82) is 0 Å². The molecule has 0 aliphatic heterocycles. The largest absolute Gasteiger partial charge is 0.359 e. The van der Waals surface area contributed by atoms with E-state index in [2.05, 4.69) is 10.6 Å². The number of aromatic nitrogens is 2. The van der Waals surface area contributed by atoms with Crippen LogP contribution in [0.4, 0.5) is 0 Å². The van der Waals surface area contributed by atoms with Crippen LogP contribution in [0.2, 0.25) is 0 Å². The summed E-state index contributed by atoms with van der Waals surface area (Å²) in [6.07, 6.45) is 1.52. The van der Waals surface area contributed by atoms with E-state index in [0.29, 0.717) is 18.7 Å². The predicted octanol–water partition coefficient (Wildman–Crippen LogP) is -1.05. The molecular formula is C13H22N4O3. The number of carbonyl (C=O) groups excluding carboxylic acids is 1. The van der Waals surface area contributed by atoms with E-state index >= 15 is 0 Å². The molecule has 112 valence electrons. The Morgan fingerprint density at radius 1 is 1.30 bits per heavy atom. The second-order valence-corrected chi connectivity index (χ2v) is 5.48. The van der Waals surface area contributed by atoms with Gasteiger partial charge in [-0.25, -0.2) is 4.79 Å². The van der Waals surface area contributed by atoms with Crippen molar-refractivity contribution >= 4 is 5.91 Å². The molecule has 1 amide bonds. The average molecular weight is 282 g/mol. The second kappa shape index (κ2) is 6.04. The molecular weight excluding hydrogens is 260 g/mol. The van der Waals surface area contributed by atoms with Crippen LogP contribution in [0.15, 0.2) is 15.8 Å². The fraction of sp³-hybridized carbons (Fsp3) is 0.615. The minimum Gasteiger partial charge on any atom is -0.359 e. The highest BCUT2D eigenvalue weighted by Gasteiger charge is 2.25. The van der Waals surface area contributed by atoms with E-state index in [0.717, 1.165) is 4.57 Å². The standard InChI is InChI=1S/C13H22N4O3/c1-13(2,11(19)14-3)8-15-6-9-7-16(4)12(20)17(5)10(9)18/h7,15H,6,8H2,1-5H3,(H,14,19). The Hall–Kier alpha value is -1.89. The smallest absolute Gasteiger partial charge is 0.330 e. The molecule has 1 heterocycles. The number of nitrogens with one attached hydrogen (secondary N) is 2. The normalized spacial score (nSPS) is 11.4. The van der Waals surface area contributed by atoms with Crippen molar-refractivity contribution in [2.75, 3.05) is 13.6 Å². The number of hydrogen-bond donors (Lipinski definition) is 2. The zero-order valence-corrected chi connectivity index (χ0v) is 12.6. The van der Waals surface area contributed by atoms with Crippen LogP contribution in [0, 0.1) is 5.41 Å². The zero-order chi connectivity index (χ0) is 15.5. The monoisotopic (exact) mass is 282 g/mol. The average Bonchev–Trinajstić information content (AvgIpc) is 2.40. The van der Waals surface area contributed by atoms with Gasteiger partial charge in [0.1, 0.15) is 0 Å². The quantitative estimate of drug-likeness (QED) is 0.721. The van der Waals surface area contributed by atoms with Crippen molar-refractivity contribution in [1.82, 2.24) is 19.8 Å². The second-order valence-electron chi connectivity index (χ2n) is 5.48. The minimum atomic E-state index is -0.569. The molecule has 0 aliphatic carbocycles. The number of nitrogens with zero attached hydrogens (tertiary/aromatic N) is 2. The highest BCUT2D eigenvalue weighted by Crippen LogP contribution is 2.13. The summed E-state index contributed by atoms with van der Waals surface area (Å²) in [7, 11) is 4.63. The third kappa shape index (κ3) is 3.36. The van der Waals surface area contributed by atoms with Crippen LogP contribution in [0.25, 0.3) is 0 Å². The van der Waals surface area contributed by atoms with Crippen molar-refractivity contribution in [2.24, 2.45) is 19.5 Å². The first-order valence-electron chi connectivity index (χ1n) is 6.39. The Balaban J connectivity index is 2.80. The molecule has 1 rings (SSSR count). The van der Waals surface area contributed by atoms with Crippen molar-refractivity contribution in [2.45, 2.75) is 20.4 Å². The van der Waals surface area contributed by atoms with Gasteiger partial charge in [-0.15, -0.1) is 0 Å². The molecule has 0 aliphatic rings. The van der Waals surface area contributed by atoms with E-state index in [1.165, 1.54) is 17.8 Å². The van der Waals surface area contributed by atoms with Crippen molar-refractivity contribution in [3.8, 4) is 0 Å². The van der Waals surface area contributed by atoms with Crippen LogP contribution in [0.1, 0.15) is 19.4 Å². The molecule has 1 aromatic heterocycles. The highest BCUT2D eigenvalue weighted by molar-refractivity contribution is 5.81. The van der Waals surface area contributed by atoms with Crippen molar-refractivity contribution < 1.29 is 4.79 Å². The topological polar surface area (TPSA) is 85.1 Å². The van der Waals surface area contributed by atoms with Gasteiger partial charge in [-0.2, -0.15) is 0 Å². The number of carbonyl (C=O) groups is 1. The first kappa shape index (κ1) is 16.2. The van der Waals surface area contributed by atoms with E-state index in [4.69, 9.17) is 0 Å². The summed E-state index contributed by atoms with van der Waals surface area (Å²) in [6, 6.07) is 0. The van der Waals surface area contributed by atoms with Gasteiger partial charge in [-0.1, -0.05) is 0 Å².